The van der Waals surface area contributed by atoms with Crippen molar-refractivity contribution in [2.45, 2.75) is 38.3 Å². The highest BCUT2D eigenvalue weighted by Crippen LogP contribution is 2.30. The van der Waals surface area contributed by atoms with Gasteiger partial charge in [-0.2, -0.15) is 0 Å². The molecular weight excluding hydrogens is 166 g/mol. The van der Waals surface area contributed by atoms with Crippen LogP contribution in [-0.2, 0) is 9.53 Å². The van der Waals surface area contributed by atoms with Crippen LogP contribution in [0.5, 0.6) is 0 Å². The van der Waals surface area contributed by atoms with E-state index >= 15 is 0 Å². The van der Waals surface area contributed by atoms with Crippen molar-refractivity contribution in [3.8, 4) is 0 Å². The molecule has 3 heteroatoms. The van der Waals surface area contributed by atoms with Gasteiger partial charge >= 0.3 is 0 Å². The van der Waals surface area contributed by atoms with Crippen LogP contribution in [0.4, 0.5) is 0 Å². The molecule has 0 amide bonds. The SMILES string of the molecule is CC1(C)OCC(C2CCCN2)C1=O. The van der Waals surface area contributed by atoms with E-state index in [9.17, 15) is 4.79 Å². The van der Waals surface area contributed by atoms with Crippen LogP contribution in [0.2, 0.25) is 0 Å². The number of hydrogen-bond acceptors (Lipinski definition) is 3. The normalized spacial score (nSPS) is 38.5. The average Bonchev–Trinajstić information content (AvgIpc) is 2.63. The summed E-state index contributed by atoms with van der Waals surface area (Å²) in [5, 5.41) is 3.37. The maximum atomic E-state index is 11.8. The Hall–Kier alpha value is -0.410. The van der Waals surface area contributed by atoms with Crippen LogP contribution in [0.15, 0.2) is 0 Å². The first kappa shape index (κ1) is 9.16. The minimum atomic E-state index is -0.547. The average molecular weight is 183 g/mol. The fraction of sp³-hybridized carbons (Fsp3) is 0.900. The summed E-state index contributed by atoms with van der Waals surface area (Å²) < 4.78 is 5.49. The lowest BCUT2D eigenvalue weighted by Crippen LogP contribution is -2.39. The number of carbonyl (C=O) groups is 1. The Morgan fingerprint density at radius 2 is 2.31 bits per heavy atom. The van der Waals surface area contributed by atoms with Crippen molar-refractivity contribution in [2.75, 3.05) is 13.2 Å². The molecule has 2 saturated heterocycles. The van der Waals surface area contributed by atoms with Crippen LogP contribution >= 0.6 is 0 Å². The first-order chi connectivity index (χ1) is 6.11. The third kappa shape index (κ3) is 1.51. The zero-order valence-electron chi connectivity index (χ0n) is 8.30. The monoisotopic (exact) mass is 183 g/mol. The Kier molecular flexibility index (Phi) is 2.16. The van der Waals surface area contributed by atoms with Gasteiger partial charge in [0.25, 0.3) is 0 Å². The van der Waals surface area contributed by atoms with Crippen molar-refractivity contribution in [1.82, 2.24) is 5.32 Å². The van der Waals surface area contributed by atoms with E-state index in [1.807, 2.05) is 13.8 Å². The van der Waals surface area contributed by atoms with Crippen LogP contribution in [0.3, 0.4) is 0 Å². The largest absolute Gasteiger partial charge is 0.367 e. The molecule has 2 atom stereocenters. The molecule has 0 spiro atoms. The summed E-state index contributed by atoms with van der Waals surface area (Å²) in [5.41, 5.74) is -0.547. The predicted octanol–water partition coefficient (Wildman–Crippen LogP) is 0.732. The number of hydrogen-bond donors (Lipinski definition) is 1. The first-order valence-electron chi connectivity index (χ1n) is 5.03. The lowest BCUT2D eigenvalue weighted by molar-refractivity contribution is -0.130. The van der Waals surface area contributed by atoms with E-state index in [-0.39, 0.29) is 11.7 Å². The van der Waals surface area contributed by atoms with Gasteiger partial charge in [0.2, 0.25) is 0 Å². The molecule has 2 fully saturated rings. The highest BCUT2D eigenvalue weighted by Gasteiger charge is 2.45. The Labute approximate surface area is 78.8 Å². The van der Waals surface area contributed by atoms with Crippen LogP contribution in [0.25, 0.3) is 0 Å². The van der Waals surface area contributed by atoms with E-state index in [1.54, 1.807) is 0 Å². The van der Waals surface area contributed by atoms with Crippen molar-refractivity contribution < 1.29 is 9.53 Å². The highest BCUT2D eigenvalue weighted by molar-refractivity contribution is 5.91. The second-order valence-corrected chi connectivity index (χ2v) is 4.49. The van der Waals surface area contributed by atoms with Gasteiger partial charge in [0.1, 0.15) is 5.60 Å². The summed E-state index contributed by atoms with van der Waals surface area (Å²) in [6, 6.07) is 0.370. The zero-order chi connectivity index (χ0) is 9.47. The number of rotatable bonds is 1. The molecule has 0 aromatic heterocycles. The zero-order valence-corrected chi connectivity index (χ0v) is 8.30. The lowest BCUT2D eigenvalue weighted by atomic mass is 9.89. The van der Waals surface area contributed by atoms with Crippen molar-refractivity contribution in [2.24, 2.45) is 5.92 Å². The summed E-state index contributed by atoms with van der Waals surface area (Å²) in [5.74, 6) is 0.365. The summed E-state index contributed by atoms with van der Waals surface area (Å²) in [4.78, 5) is 11.8. The molecule has 3 nitrogen and oxygen atoms in total. The molecule has 0 aromatic carbocycles. The first-order valence-corrected chi connectivity index (χ1v) is 5.03. The summed E-state index contributed by atoms with van der Waals surface area (Å²) >= 11 is 0. The standard InChI is InChI=1S/C10H17NO2/c1-10(2)9(12)7(6-13-10)8-4-3-5-11-8/h7-8,11H,3-6H2,1-2H3. The van der Waals surface area contributed by atoms with Gasteiger partial charge in [0.05, 0.1) is 12.5 Å². The number of Topliss-reactive ketones (excluding diaryl/α,β-unsaturated/α-hetero) is 1. The maximum Gasteiger partial charge on any atom is 0.170 e. The molecular formula is C10H17NO2. The molecule has 2 heterocycles. The van der Waals surface area contributed by atoms with Crippen molar-refractivity contribution >= 4 is 5.78 Å². The van der Waals surface area contributed by atoms with Gasteiger partial charge in [-0.05, 0) is 33.2 Å². The number of ketones is 1. The molecule has 2 unspecified atom stereocenters. The van der Waals surface area contributed by atoms with Gasteiger partial charge < -0.3 is 10.1 Å². The lowest BCUT2D eigenvalue weighted by Gasteiger charge is -2.17. The molecule has 0 bridgehead atoms. The van der Waals surface area contributed by atoms with E-state index in [4.69, 9.17) is 4.74 Å². The quantitative estimate of drug-likeness (QED) is 0.651. The van der Waals surface area contributed by atoms with Crippen LogP contribution in [0.1, 0.15) is 26.7 Å². The number of nitrogens with one attached hydrogen (secondary N) is 1. The summed E-state index contributed by atoms with van der Waals surface area (Å²) in [7, 11) is 0. The maximum absolute atomic E-state index is 11.8. The van der Waals surface area contributed by atoms with Crippen molar-refractivity contribution in [3.63, 3.8) is 0 Å². The third-order valence-corrected chi connectivity index (χ3v) is 3.14. The molecule has 0 saturated carbocycles. The molecule has 2 aliphatic heterocycles. The van der Waals surface area contributed by atoms with Gasteiger partial charge in [-0.1, -0.05) is 0 Å². The van der Waals surface area contributed by atoms with E-state index in [0.717, 1.165) is 13.0 Å². The van der Waals surface area contributed by atoms with Crippen molar-refractivity contribution in [1.29, 1.82) is 0 Å². The minimum absolute atomic E-state index is 0.0949. The van der Waals surface area contributed by atoms with Gasteiger partial charge in [-0.15, -0.1) is 0 Å². The molecule has 0 aliphatic carbocycles. The fourth-order valence-corrected chi connectivity index (χ4v) is 2.25. The second kappa shape index (κ2) is 3.07. The van der Waals surface area contributed by atoms with Gasteiger partial charge in [-0.25, -0.2) is 0 Å². The summed E-state index contributed by atoms with van der Waals surface area (Å²) in [6.07, 6.45) is 2.31. The molecule has 1 N–H and O–H groups in total. The highest BCUT2D eigenvalue weighted by atomic mass is 16.5. The molecule has 0 radical (unpaired) electrons. The number of carbonyl (C=O) groups excluding carboxylic acids is 1. The second-order valence-electron chi connectivity index (χ2n) is 4.49. The molecule has 0 aromatic rings. The van der Waals surface area contributed by atoms with E-state index in [0.29, 0.717) is 12.6 Å². The Bertz CT molecular complexity index is 219. The third-order valence-electron chi connectivity index (χ3n) is 3.14. The molecule has 74 valence electrons. The van der Waals surface area contributed by atoms with Crippen molar-refractivity contribution in [3.05, 3.63) is 0 Å². The fourth-order valence-electron chi connectivity index (χ4n) is 2.25. The van der Waals surface area contributed by atoms with Gasteiger partial charge in [0.15, 0.2) is 5.78 Å². The molecule has 13 heavy (non-hydrogen) atoms. The van der Waals surface area contributed by atoms with Crippen LogP contribution in [-0.4, -0.2) is 30.6 Å². The van der Waals surface area contributed by atoms with Gasteiger partial charge in [0, 0.05) is 6.04 Å². The topological polar surface area (TPSA) is 38.3 Å². The minimum Gasteiger partial charge on any atom is -0.367 e. The Balaban J connectivity index is 2.06. The Morgan fingerprint density at radius 3 is 2.77 bits per heavy atom. The number of ether oxygens (including phenoxy) is 1. The Morgan fingerprint density at radius 1 is 1.54 bits per heavy atom. The molecule has 2 aliphatic rings. The smallest absolute Gasteiger partial charge is 0.170 e. The predicted molar refractivity (Wildman–Crippen MR) is 49.6 cm³/mol. The van der Waals surface area contributed by atoms with E-state index in [2.05, 4.69) is 5.32 Å². The molecule has 2 rings (SSSR count). The van der Waals surface area contributed by atoms with Gasteiger partial charge in [-0.3, -0.25) is 4.79 Å². The van der Waals surface area contributed by atoms with Crippen LogP contribution < -0.4 is 5.32 Å². The van der Waals surface area contributed by atoms with E-state index in [1.165, 1.54) is 6.42 Å². The summed E-state index contributed by atoms with van der Waals surface area (Å²) in [6.45, 7) is 5.38. The van der Waals surface area contributed by atoms with E-state index < -0.39 is 5.60 Å². The van der Waals surface area contributed by atoms with Crippen LogP contribution in [0, 0.1) is 5.92 Å².